The number of amides is 1. The number of hydrogen-bond donors (Lipinski definition) is 2. The Labute approximate surface area is 126 Å². The lowest BCUT2D eigenvalue weighted by atomic mass is 9.79. The first-order valence-electron chi connectivity index (χ1n) is 7.34. The van der Waals surface area contributed by atoms with E-state index in [0.717, 1.165) is 11.3 Å². The van der Waals surface area contributed by atoms with E-state index < -0.39 is 5.41 Å². The molecule has 21 heavy (non-hydrogen) atoms. The zero-order valence-corrected chi connectivity index (χ0v) is 13.3. The predicted molar refractivity (Wildman–Crippen MR) is 85.6 cm³/mol. The van der Waals surface area contributed by atoms with Crippen LogP contribution in [0.1, 0.15) is 39.2 Å². The van der Waals surface area contributed by atoms with Crippen molar-refractivity contribution in [1.82, 2.24) is 0 Å². The zero-order chi connectivity index (χ0) is 16.0. The molecule has 0 spiro atoms. The summed E-state index contributed by atoms with van der Waals surface area (Å²) < 4.78 is 0. The molecule has 0 saturated carbocycles. The highest BCUT2D eigenvalue weighted by Gasteiger charge is 2.42. The molecule has 1 aromatic rings. The number of para-hydroxylation sites is 1. The normalized spacial score (nSPS) is 12.3. The topological polar surface area (TPSA) is 78.9 Å². The van der Waals surface area contributed by atoms with Crippen LogP contribution in [0.4, 0.5) is 5.69 Å². The van der Waals surface area contributed by atoms with Crippen LogP contribution < -0.4 is 10.6 Å². The van der Waals surface area contributed by atoms with E-state index in [1.807, 2.05) is 52.0 Å². The number of rotatable bonds is 6. The van der Waals surface area contributed by atoms with Crippen LogP contribution in [0.25, 0.3) is 0 Å². The summed E-state index contributed by atoms with van der Waals surface area (Å²) >= 11 is 0. The summed E-state index contributed by atoms with van der Waals surface area (Å²) in [6, 6.07) is 7.72. The molecule has 0 radical (unpaired) electrons. The van der Waals surface area contributed by atoms with E-state index in [1.165, 1.54) is 0 Å². The van der Waals surface area contributed by atoms with Crippen molar-refractivity contribution in [2.75, 3.05) is 11.4 Å². The summed E-state index contributed by atoms with van der Waals surface area (Å²) in [5.74, 6) is -0.149. The van der Waals surface area contributed by atoms with Crippen molar-refractivity contribution < 1.29 is 10.0 Å². The van der Waals surface area contributed by atoms with Crippen LogP contribution in [-0.4, -0.2) is 23.5 Å². The Morgan fingerprint density at radius 3 is 2.29 bits per heavy atom. The number of amidine groups is 1. The van der Waals surface area contributed by atoms with E-state index in [0.29, 0.717) is 19.4 Å². The van der Waals surface area contributed by atoms with Gasteiger partial charge in [0, 0.05) is 12.2 Å². The molecule has 0 bridgehead atoms. The molecule has 0 atom stereocenters. The molecule has 0 aliphatic heterocycles. The van der Waals surface area contributed by atoms with Crippen LogP contribution in [0.2, 0.25) is 0 Å². The fraction of sp³-hybridized carbons (Fsp3) is 0.500. The average Bonchev–Trinajstić information content (AvgIpc) is 2.51. The molecule has 1 rings (SSSR count). The van der Waals surface area contributed by atoms with Crippen molar-refractivity contribution in [2.24, 2.45) is 16.3 Å². The third-order valence-corrected chi connectivity index (χ3v) is 4.18. The minimum absolute atomic E-state index is 0.0236. The van der Waals surface area contributed by atoms with Gasteiger partial charge in [0.05, 0.1) is 0 Å². The fourth-order valence-corrected chi connectivity index (χ4v) is 2.67. The number of nitrogens with zero attached hydrogens (tertiary/aromatic N) is 2. The quantitative estimate of drug-likeness (QED) is 0.366. The van der Waals surface area contributed by atoms with E-state index in [-0.39, 0.29) is 11.7 Å². The van der Waals surface area contributed by atoms with Gasteiger partial charge >= 0.3 is 0 Å². The molecule has 1 aromatic carbocycles. The molecular formula is C16H25N3O2. The van der Waals surface area contributed by atoms with Crippen LogP contribution in [0.5, 0.6) is 0 Å². The van der Waals surface area contributed by atoms with Gasteiger partial charge in [-0.25, -0.2) is 0 Å². The van der Waals surface area contributed by atoms with Crippen molar-refractivity contribution in [1.29, 1.82) is 0 Å². The Hall–Kier alpha value is -2.04. The van der Waals surface area contributed by atoms with Gasteiger partial charge in [0.1, 0.15) is 5.41 Å². The van der Waals surface area contributed by atoms with E-state index in [4.69, 9.17) is 10.9 Å². The SMILES string of the molecule is CCN(C(=O)C(CC)(CC)C(N)=NO)c1ccccc1C. The highest BCUT2D eigenvalue weighted by molar-refractivity contribution is 6.13. The van der Waals surface area contributed by atoms with Gasteiger partial charge in [0.25, 0.3) is 0 Å². The molecular weight excluding hydrogens is 266 g/mol. The van der Waals surface area contributed by atoms with Gasteiger partial charge in [-0.3, -0.25) is 4.79 Å². The summed E-state index contributed by atoms with van der Waals surface area (Å²) in [5.41, 5.74) is 6.75. The number of anilines is 1. The van der Waals surface area contributed by atoms with Crippen molar-refractivity contribution in [3.05, 3.63) is 29.8 Å². The van der Waals surface area contributed by atoms with Crippen LogP contribution in [-0.2, 0) is 4.79 Å². The minimum atomic E-state index is -0.965. The molecule has 1 amide bonds. The van der Waals surface area contributed by atoms with Crippen LogP contribution >= 0.6 is 0 Å². The Morgan fingerprint density at radius 2 is 1.86 bits per heavy atom. The number of carbonyl (C=O) groups is 1. The Kier molecular flexibility index (Phi) is 5.76. The molecule has 0 aromatic heterocycles. The monoisotopic (exact) mass is 291 g/mol. The van der Waals surface area contributed by atoms with Gasteiger partial charge in [-0.05, 0) is 38.3 Å². The first-order valence-corrected chi connectivity index (χ1v) is 7.34. The van der Waals surface area contributed by atoms with E-state index in [1.54, 1.807) is 4.90 Å². The molecule has 0 aliphatic rings. The predicted octanol–water partition coefficient (Wildman–Crippen LogP) is 2.90. The summed E-state index contributed by atoms with van der Waals surface area (Å²) in [7, 11) is 0. The highest BCUT2D eigenvalue weighted by Crippen LogP contribution is 2.32. The second kappa shape index (κ2) is 7.11. The summed E-state index contributed by atoms with van der Waals surface area (Å²) in [6.45, 7) is 8.18. The lowest BCUT2D eigenvalue weighted by Crippen LogP contribution is -2.51. The maximum absolute atomic E-state index is 13.1. The van der Waals surface area contributed by atoms with Crippen LogP contribution in [0.15, 0.2) is 29.4 Å². The molecule has 0 heterocycles. The van der Waals surface area contributed by atoms with Crippen molar-refractivity contribution in [3.8, 4) is 0 Å². The Bertz CT molecular complexity index is 522. The maximum Gasteiger partial charge on any atom is 0.240 e. The number of oxime groups is 1. The molecule has 3 N–H and O–H groups in total. The molecule has 5 nitrogen and oxygen atoms in total. The number of benzene rings is 1. The van der Waals surface area contributed by atoms with E-state index in [9.17, 15) is 4.79 Å². The van der Waals surface area contributed by atoms with E-state index in [2.05, 4.69) is 5.16 Å². The molecule has 5 heteroatoms. The number of hydrogen-bond acceptors (Lipinski definition) is 3. The summed E-state index contributed by atoms with van der Waals surface area (Å²) in [5, 5.41) is 12.2. The van der Waals surface area contributed by atoms with Gasteiger partial charge in [-0.1, -0.05) is 37.2 Å². The van der Waals surface area contributed by atoms with Crippen molar-refractivity contribution in [3.63, 3.8) is 0 Å². The van der Waals surface area contributed by atoms with Crippen molar-refractivity contribution >= 4 is 17.4 Å². The van der Waals surface area contributed by atoms with Crippen LogP contribution in [0, 0.1) is 12.3 Å². The van der Waals surface area contributed by atoms with Gasteiger partial charge in [-0.2, -0.15) is 0 Å². The molecule has 0 aliphatic carbocycles. The smallest absolute Gasteiger partial charge is 0.240 e. The average molecular weight is 291 g/mol. The van der Waals surface area contributed by atoms with Crippen LogP contribution in [0.3, 0.4) is 0 Å². The first-order chi connectivity index (χ1) is 9.98. The number of carbonyl (C=O) groups excluding carboxylic acids is 1. The lowest BCUT2D eigenvalue weighted by molar-refractivity contribution is -0.125. The fourth-order valence-electron chi connectivity index (χ4n) is 2.67. The van der Waals surface area contributed by atoms with Gasteiger partial charge < -0.3 is 15.8 Å². The van der Waals surface area contributed by atoms with Crippen molar-refractivity contribution in [2.45, 2.75) is 40.5 Å². The Morgan fingerprint density at radius 1 is 1.29 bits per heavy atom. The van der Waals surface area contributed by atoms with Gasteiger partial charge in [0.15, 0.2) is 5.84 Å². The van der Waals surface area contributed by atoms with Gasteiger partial charge in [0.2, 0.25) is 5.91 Å². The Balaban J connectivity index is 3.33. The highest BCUT2D eigenvalue weighted by atomic mass is 16.4. The lowest BCUT2D eigenvalue weighted by Gasteiger charge is -2.35. The zero-order valence-electron chi connectivity index (χ0n) is 13.3. The third-order valence-electron chi connectivity index (χ3n) is 4.18. The maximum atomic E-state index is 13.1. The second-order valence-electron chi connectivity index (χ2n) is 5.11. The number of nitrogens with two attached hydrogens (primary N) is 1. The summed E-state index contributed by atoms with van der Waals surface area (Å²) in [6.07, 6.45) is 0.973. The largest absolute Gasteiger partial charge is 0.409 e. The summed E-state index contributed by atoms with van der Waals surface area (Å²) in [4.78, 5) is 14.8. The van der Waals surface area contributed by atoms with E-state index >= 15 is 0 Å². The minimum Gasteiger partial charge on any atom is -0.409 e. The number of aryl methyl sites for hydroxylation is 1. The third kappa shape index (κ3) is 3.01. The van der Waals surface area contributed by atoms with Gasteiger partial charge in [-0.15, -0.1) is 0 Å². The molecule has 0 unspecified atom stereocenters. The second-order valence-corrected chi connectivity index (χ2v) is 5.11. The standard InChI is InChI=1S/C16H25N3O2/c1-5-16(6-2,14(17)18-21)15(20)19(7-3)13-11-9-8-10-12(13)4/h8-11,21H,5-7H2,1-4H3,(H2,17,18). The first kappa shape index (κ1) is 17.0. The molecule has 116 valence electrons. The molecule has 0 fully saturated rings. The molecule has 0 saturated heterocycles.